The maximum Gasteiger partial charge on any atom is 0.295 e. The van der Waals surface area contributed by atoms with Crippen LogP contribution in [0, 0.1) is 6.92 Å². The molecule has 1 fully saturated rings. The van der Waals surface area contributed by atoms with Crippen molar-refractivity contribution in [3.05, 3.63) is 69.9 Å². The van der Waals surface area contributed by atoms with E-state index in [0.717, 1.165) is 16.5 Å². The third kappa shape index (κ3) is 3.53. The Hall–Kier alpha value is -3.29. The van der Waals surface area contributed by atoms with Gasteiger partial charge in [-0.2, -0.15) is 0 Å². The van der Waals surface area contributed by atoms with Crippen molar-refractivity contribution in [3.8, 4) is 5.75 Å². The van der Waals surface area contributed by atoms with Crippen molar-refractivity contribution in [1.29, 1.82) is 0 Å². The summed E-state index contributed by atoms with van der Waals surface area (Å²) < 4.78 is 10.6. The number of carbonyl (C=O) groups excluding carboxylic acids is 2. The van der Waals surface area contributed by atoms with Crippen LogP contribution in [-0.4, -0.2) is 54.1 Å². The molecule has 1 amide bonds. The lowest BCUT2D eigenvalue weighted by atomic mass is 9.94. The number of halogens is 1. The molecule has 0 aliphatic carbocycles. The zero-order valence-electron chi connectivity index (χ0n) is 17.9. The number of aliphatic hydroxyl groups is 1. The van der Waals surface area contributed by atoms with Gasteiger partial charge in [-0.1, -0.05) is 29.8 Å². The maximum absolute atomic E-state index is 13.2. The summed E-state index contributed by atoms with van der Waals surface area (Å²) in [4.78, 5) is 30.8. The standard InChI is InChI=1S/C24H23ClN2O5/c1-13-10-15(23(32-3)17(25)11-13)21(28)19-20(27(8-9-31-2)24(30)22(19)29)16-12-26-18-7-5-4-6-14(16)18/h4-7,10-12,20,26,28H,8-9H2,1-3H3/b21-19+. The lowest BCUT2D eigenvalue weighted by Crippen LogP contribution is -2.32. The molecule has 3 aromatic rings. The number of likely N-dealkylation sites (tertiary alicyclic amines) is 1. The van der Waals surface area contributed by atoms with E-state index in [9.17, 15) is 14.7 Å². The highest BCUT2D eigenvalue weighted by atomic mass is 35.5. The molecule has 1 aliphatic rings. The smallest absolute Gasteiger partial charge is 0.295 e. The van der Waals surface area contributed by atoms with Crippen LogP contribution in [0.5, 0.6) is 5.75 Å². The van der Waals surface area contributed by atoms with Gasteiger partial charge < -0.3 is 24.5 Å². The van der Waals surface area contributed by atoms with Gasteiger partial charge in [-0.15, -0.1) is 0 Å². The molecule has 2 heterocycles. The number of ether oxygens (including phenoxy) is 2. The van der Waals surface area contributed by atoms with Gasteiger partial charge in [0, 0.05) is 36.3 Å². The van der Waals surface area contributed by atoms with Gasteiger partial charge in [0.2, 0.25) is 0 Å². The fourth-order valence-corrected chi connectivity index (χ4v) is 4.55. The second kappa shape index (κ2) is 8.68. The van der Waals surface area contributed by atoms with E-state index in [0.29, 0.717) is 10.6 Å². The SMILES string of the molecule is COCCN1C(=O)C(=O)/C(=C(/O)c2cc(C)cc(Cl)c2OC)C1c1c[nH]c2ccccc12. The van der Waals surface area contributed by atoms with E-state index in [4.69, 9.17) is 21.1 Å². The number of aromatic nitrogens is 1. The topological polar surface area (TPSA) is 91.9 Å². The maximum atomic E-state index is 13.2. The highest BCUT2D eigenvalue weighted by molar-refractivity contribution is 6.46. The number of hydrogen-bond acceptors (Lipinski definition) is 5. The molecule has 1 aromatic heterocycles. The number of Topliss-reactive ketones (excluding diaryl/α,β-unsaturated/α-hetero) is 1. The zero-order chi connectivity index (χ0) is 23.0. The normalized spacial score (nSPS) is 18.0. The number of ketones is 1. The molecule has 2 N–H and O–H groups in total. The predicted molar refractivity (Wildman–Crippen MR) is 122 cm³/mol. The molecule has 0 saturated carbocycles. The number of aromatic amines is 1. The van der Waals surface area contributed by atoms with Crippen molar-refractivity contribution in [2.24, 2.45) is 0 Å². The number of nitrogens with one attached hydrogen (secondary N) is 1. The molecule has 32 heavy (non-hydrogen) atoms. The first-order valence-electron chi connectivity index (χ1n) is 10.1. The number of hydrogen-bond donors (Lipinski definition) is 2. The summed E-state index contributed by atoms with van der Waals surface area (Å²) in [6.07, 6.45) is 1.76. The Morgan fingerprint density at radius 2 is 1.97 bits per heavy atom. The van der Waals surface area contributed by atoms with E-state index in [1.165, 1.54) is 19.1 Å². The van der Waals surface area contributed by atoms with Gasteiger partial charge >= 0.3 is 0 Å². The number of amides is 1. The summed E-state index contributed by atoms with van der Waals surface area (Å²) in [5.41, 5.74) is 2.57. The number of aliphatic hydroxyl groups excluding tert-OH is 1. The molecule has 8 heteroatoms. The van der Waals surface area contributed by atoms with Crippen molar-refractivity contribution in [2.45, 2.75) is 13.0 Å². The van der Waals surface area contributed by atoms with Crippen LogP contribution < -0.4 is 4.74 Å². The van der Waals surface area contributed by atoms with Crippen LogP contribution in [0.4, 0.5) is 0 Å². The van der Waals surface area contributed by atoms with Crippen LogP contribution in [0.15, 0.2) is 48.2 Å². The second-order valence-corrected chi connectivity index (χ2v) is 8.01. The van der Waals surface area contributed by atoms with Gasteiger partial charge in [-0.3, -0.25) is 9.59 Å². The largest absolute Gasteiger partial charge is 0.507 e. The Balaban J connectivity index is 1.98. The van der Waals surface area contributed by atoms with E-state index in [1.54, 1.807) is 18.3 Å². The molecule has 1 saturated heterocycles. The summed E-state index contributed by atoms with van der Waals surface area (Å²) in [6.45, 7) is 2.25. The van der Waals surface area contributed by atoms with Gasteiger partial charge in [0.25, 0.3) is 11.7 Å². The Morgan fingerprint density at radius 3 is 2.69 bits per heavy atom. The van der Waals surface area contributed by atoms with E-state index in [2.05, 4.69) is 4.98 Å². The van der Waals surface area contributed by atoms with Crippen molar-refractivity contribution >= 4 is 40.0 Å². The molecule has 2 aromatic carbocycles. The van der Waals surface area contributed by atoms with E-state index in [-0.39, 0.29) is 35.8 Å². The van der Waals surface area contributed by atoms with Crippen molar-refractivity contribution < 1.29 is 24.2 Å². The van der Waals surface area contributed by atoms with Crippen molar-refractivity contribution in [3.63, 3.8) is 0 Å². The molecule has 0 bridgehead atoms. The highest BCUT2D eigenvalue weighted by Gasteiger charge is 2.47. The number of para-hydroxylation sites is 1. The Morgan fingerprint density at radius 1 is 1.22 bits per heavy atom. The molecular formula is C24H23ClN2O5. The van der Waals surface area contributed by atoms with Crippen LogP contribution in [-0.2, 0) is 14.3 Å². The molecule has 0 spiro atoms. The first-order chi connectivity index (χ1) is 15.4. The minimum absolute atomic E-state index is 0.0178. The number of benzene rings is 2. The second-order valence-electron chi connectivity index (χ2n) is 7.60. The molecule has 1 aliphatic heterocycles. The third-order valence-electron chi connectivity index (χ3n) is 5.64. The monoisotopic (exact) mass is 454 g/mol. The first kappa shape index (κ1) is 21.9. The Labute approximate surface area is 190 Å². The van der Waals surface area contributed by atoms with Crippen LogP contribution in [0.1, 0.15) is 22.7 Å². The minimum Gasteiger partial charge on any atom is -0.507 e. The van der Waals surface area contributed by atoms with Crippen LogP contribution in [0.25, 0.3) is 16.7 Å². The molecule has 0 radical (unpaired) electrons. The molecule has 4 rings (SSSR count). The Bertz CT molecular complexity index is 1250. The number of carbonyl (C=O) groups is 2. The van der Waals surface area contributed by atoms with Crippen LogP contribution >= 0.6 is 11.6 Å². The van der Waals surface area contributed by atoms with E-state index >= 15 is 0 Å². The van der Waals surface area contributed by atoms with E-state index in [1.807, 2.05) is 31.2 Å². The third-order valence-corrected chi connectivity index (χ3v) is 5.92. The summed E-state index contributed by atoms with van der Waals surface area (Å²) in [6, 6.07) is 10.2. The summed E-state index contributed by atoms with van der Waals surface area (Å²) in [5.74, 6) is -1.57. The number of methoxy groups -OCH3 is 2. The van der Waals surface area contributed by atoms with Crippen molar-refractivity contribution in [1.82, 2.24) is 9.88 Å². The number of H-pyrrole nitrogens is 1. The average Bonchev–Trinajstić information content (AvgIpc) is 3.30. The predicted octanol–water partition coefficient (Wildman–Crippen LogP) is 4.21. The zero-order valence-corrected chi connectivity index (χ0v) is 18.7. The Kier molecular flexibility index (Phi) is 5.95. The highest BCUT2D eigenvalue weighted by Crippen LogP contribution is 2.44. The van der Waals surface area contributed by atoms with Gasteiger partial charge in [-0.25, -0.2) is 0 Å². The minimum atomic E-state index is -0.801. The molecular weight excluding hydrogens is 432 g/mol. The average molecular weight is 455 g/mol. The van der Waals surface area contributed by atoms with Gasteiger partial charge in [0.15, 0.2) is 0 Å². The van der Waals surface area contributed by atoms with Gasteiger partial charge in [0.05, 0.1) is 35.9 Å². The quantitative estimate of drug-likeness (QED) is 0.331. The fourth-order valence-electron chi connectivity index (χ4n) is 4.20. The summed E-state index contributed by atoms with van der Waals surface area (Å²) >= 11 is 6.32. The van der Waals surface area contributed by atoms with Gasteiger partial charge in [-0.05, 0) is 30.7 Å². The van der Waals surface area contributed by atoms with Gasteiger partial charge in [0.1, 0.15) is 11.5 Å². The number of aryl methyl sites for hydroxylation is 1. The number of fused-ring (bicyclic) bond motifs is 1. The molecule has 166 valence electrons. The fraction of sp³-hybridized carbons (Fsp3) is 0.250. The molecule has 1 unspecified atom stereocenters. The summed E-state index contributed by atoms with van der Waals surface area (Å²) in [5, 5.41) is 12.5. The van der Waals surface area contributed by atoms with Crippen LogP contribution in [0.2, 0.25) is 5.02 Å². The van der Waals surface area contributed by atoms with E-state index < -0.39 is 17.7 Å². The number of nitrogens with zero attached hydrogens (tertiary/aromatic N) is 1. The molecule has 7 nitrogen and oxygen atoms in total. The first-order valence-corrected chi connectivity index (χ1v) is 10.4. The lowest BCUT2D eigenvalue weighted by Gasteiger charge is -2.24. The van der Waals surface area contributed by atoms with Crippen molar-refractivity contribution in [2.75, 3.05) is 27.4 Å². The lowest BCUT2D eigenvalue weighted by molar-refractivity contribution is -0.140. The number of rotatable bonds is 6. The molecule has 1 atom stereocenters. The summed E-state index contributed by atoms with van der Waals surface area (Å²) in [7, 11) is 2.96. The van der Waals surface area contributed by atoms with Crippen LogP contribution in [0.3, 0.4) is 0 Å².